The van der Waals surface area contributed by atoms with Gasteiger partial charge in [-0.15, -0.1) is 0 Å². The van der Waals surface area contributed by atoms with Crippen LogP contribution in [-0.2, 0) is 14.2 Å². The van der Waals surface area contributed by atoms with Crippen LogP contribution in [0.1, 0.15) is 33.1 Å². The van der Waals surface area contributed by atoms with Crippen LogP contribution in [0.3, 0.4) is 0 Å². The van der Waals surface area contributed by atoms with Gasteiger partial charge in [-0.3, -0.25) is 0 Å². The van der Waals surface area contributed by atoms with Crippen molar-refractivity contribution in [2.45, 2.75) is 33.1 Å². The summed E-state index contributed by atoms with van der Waals surface area (Å²) in [6, 6.07) is 0. The molecule has 0 atom stereocenters. The second-order valence-corrected chi connectivity index (χ2v) is 6.34. The van der Waals surface area contributed by atoms with Crippen molar-refractivity contribution in [1.82, 2.24) is 10.2 Å². The molecule has 0 radical (unpaired) electrons. The molecule has 1 aliphatic rings. The first-order valence-electron chi connectivity index (χ1n) is 8.95. The van der Waals surface area contributed by atoms with Gasteiger partial charge in [-0.25, -0.2) is 0 Å². The van der Waals surface area contributed by atoms with Gasteiger partial charge in [0, 0.05) is 13.1 Å². The molecular formula is C17H36N2O3. The lowest BCUT2D eigenvalue weighted by Crippen LogP contribution is -2.32. The Morgan fingerprint density at radius 1 is 0.818 bits per heavy atom. The van der Waals surface area contributed by atoms with Crippen LogP contribution in [0.2, 0.25) is 0 Å². The predicted molar refractivity (Wildman–Crippen MR) is 90.5 cm³/mol. The molecule has 22 heavy (non-hydrogen) atoms. The summed E-state index contributed by atoms with van der Waals surface area (Å²) in [6.07, 6.45) is 4.08. The van der Waals surface area contributed by atoms with Crippen LogP contribution in [-0.4, -0.2) is 77.3 Å². The van der Waals surface area contributed by atoms with Crippen molar-refractivity contribution < 1.29 is 14.2 Å². The van der Waals surface area contributed by atoms with Gasteiger partial charge in [-0.1, -0.05) is 20.3 Å². The minimum atomic E-state index is 0.652. The molecule has 1 saturated heterocycles. The Hall–Kier alpha value is -0.200. The first kappa shape index (κ1) is 19.8. The van der Waals surface area contributed by atoms with Crippen LogP contribution in [0.5, 0.6) is 0 Å². The molecule has 0 unspecified atom stereocenters. The number of rotatable bonds is 14. The lowest BCUT2D eigenvalue weighted by molar-refractivity contribution is 0.0102. The SMILES string of the molecule is CC(C)CNCCOCCOCCOCCN1CCCCC1. The van der Waals surface area contributed by atoms with Gasteiger partial charge in [-0.2, -0.15) is 0 Å². The van der Waals surface area contributed by atoms with E-state index in [0.29, 0.717) is 32.3 Å². The second kappa shape index (κ2) is 14.4. The predicted octanol–water partition coefficient (Wildman–Crippen LogP) is 1.77. The molecule has 0 saturated carbocycles. The number of hydrogen-bond acceptors (Lipinski definition) is 5. The van der Waals surface area contributed by atoms with Crippen molar-refractivity contribution in [3.63, 3.8) is 0 Å². The van der Waals surface area contributed by atoms with Gasteiger partial charge >= 0.3 is 0 Å². The molecule has 0 aliphatic carbocycles. The summed E-state index contributed by atoms with van der Waals surface area (Å²) >= 11 is 0. The van der Waals surface area contributed by atoms with Crippen LogP contribution in [0.25, 0.3) is 0 Å². The number of nitrogens with one attached hydrogen (secondary N) is 1. The van der Waals surface area contributed by atoms with Crippen LogP contribution in [0, 0.1) is 5.92 Å². The maximum absolute atomic E-state index is 5.60. The van der Waals surface area contributed by atoms with Gasteiger partial charge in [0.2, 0.25) is 0 Å². The fourth-order valence-electron chi connectivity index (χ4n) is 2.45. The summed E-state index contributed by atoms with van der Waals surface area (Å²) in [7, 11) is 0. The third-order valence-corrected chi connectivity index (χ3v) is 3.72. The molecule has 1 heterocycles. The standard InChI is InChI=1S/C17H36N2O3/c1-17(2)16-18-6-10-20-12-14-22-15-13-21-11-9-19-7-4-3-5-8-19/h17-18H,3-16H2,1-2H3. The highest BCUT2D eigenvalue weighted by molar-refractivity contribution is 4.63. The van der Waals surface area contributed by atoms with Crippen LogP contribution in [0.4, 0.5) is 0 Å². The summed E-state index contributed by atoms with van der Waals surface area (Å²) in [6.45, 7) is 14.2. The van der Waals surface area contributed by atoms with Gasteiger partial charge in [0.25, 0.3) is 0 Å². The van der Waals surface area contributed by atoms with Gasteiger partial charge < -0.3 is 24.4 Å². The molecule has 5 nitrogen and oxygen atoms in total. The molecule has 1 fully saturated rings. The fraction of sp³-hybridized carbons (Fsp3) is 1.00. The number of piperidine rings is 1. The number of nitrogens with zero attached hydrogens (tertiary/aromatic N) is 1. The van der Waals surface area contributed by atoms with E-state index in [1.165, 1.54) is 32.4 Å². The van der Waals surface area contributed by atoms with E-state index < -0.39 is 0 Å². The Labute approximate surface area is 136 Å². The first-order valence-corrected chi connectivity index (χ1v) is 8.95. The highest BCUT2D eigenvalue weighted by Crippen LogP contribution is 2.07. The van der Waals surface area contributed by atoms with E-state index in [-0.39, 0.29) is 0 Å². The average Bonchev–Trinajstić information content (AvgIpc) is 2.52. The van der Waals surface area contributed by atoms with Crippen molar-refractivity contribution in [3.05, 3.63) is 0 Å². The third-order valence-electron chi connectivity index (χ3n) is 3.72. The summed E-state index contributed by atoms with van der Waals surface area (Å²) in [5, 5.41) is 3.35. The molecule has 1 rings (SSSR count). The van der Waals surface area contributed by atoms with Crippen molar-refractivity contribution in [2.24, 2.45) is 5.92 Å². The molecule has 132 valence electrons. The fourth-order valence-corrected chi connectivity index (χ4v) is 2.45. The summed E-state index contributed by atoms with van der Waals surface area (Å²) in [5.74, 6) is 0.693. The lowest BCUT2D eigenvalue weighted by atomic mass is 10.1. The Morgan fingerprint density at radius 2 is 1.41 bits per heavy atom. The zero-order valence-corrected chi connectivity index (χ0v) is 14.6. The summed E-state index contributed by atoms with van der Waals surface area (Å²) < 4.78 is 16.6. The van der Waals surface area contributed by atoms with Crippen LogP contribution >= 0.6 is 0 Å². The van der Waals surface area contributed by atoms with E-state index in [1.54, 1.807) is 0 Å². The summed E-state index contributed by atoms with van der Waals surface area (Å²) in [5.41, 5.74) is 0. The van der Waals surface area contributed by atoms with Crippen molar-refractivity contribution in [3.8, 4) is 0 Å². The zero-order chi connectivity index (χ0) is 15.9. The quantitative estimate of drug-likeness (QED) is 0.495. The molecule has 0 aromatic carbocycles. The molecule has 0 amide bonds. The Bertz CT molecular complexity index is 234. The van der Waals surface area contributed by atoms with E-state index in [9.17, 15) is 0 Å². The van der Waals surface area contributed by atoms with E-state index in [0.717, 1.165) is 32.8 Å². The second-order valence-electron chi connectivity index (χ2n) is 6.34. The topological polar surface area (TPSA) is 43.0 Å². The molecule has 0 aromatic rings. The third kappa shape index (κ3) is 12.4. The van der Waals surface area contributed by atoms with E-state index in [4.69, 9.17) is 14.2 Å². The first-order chi connectivity index (χ1) is 10.8. The van der Waals surface area contributed by atoms with E-state index in [2.05, 4.69) is 24.1 Å². The zero-order valence-electron chi connectivity index (χ0n) is 14.6. The molecule has 0 aromatic heterocycles. The number of likely N-dealkylation sites (tertiary alicyclic amines) is 1. The lowest BCUT2D eigenvalue weighted by Gasteiger charge is -2.26. The highest BCUT2D eigenvalue weighted by atomic mass is 16.5. The Morgan fingerprint density at radius 3 is 2.05 bits per heavy atom. The normalized spacial score (nSPS) is 16.5. The van der Waals surface area contributed by atoms with E-state index >= 15 is 0 Å². The molecule has 5 heteroatoms. The van der Waals surface area contributed by atoms with Crippen molar-refractivity contribution >= 4 is 0 Å². The molecular weight excluding hydrogens is 280 g/mol. The Balaban J connectivity index is 1.69. The Kier molecular flexibility index (Phi) is 13.0. The molecule has 1 aliphatic heterocycles. The molecule has 0 spiro atoms. The van der Waals surface area contributed by atoms with Crippen LogP contribution in [0.15, 0.2) is 0 Å². The van der Waals surface area contributed by atoms with Crippen molar-refractivity contribution in [1.29, 1.82) is 0 Å². The molecule has 0 bridgehead atoms. The number of ether oxygens (including phenoxy) is 3. The minimum Gasteiger partial charge on any atom is -0.378 e. The van der Waals surface area contributed by atoms with E-state index in [1.807, 2.05) is 0 Å². The number of hydrogen-bond donors (Lipinski definition) is 1. The molecule has 1 N–H and O–H groups in total. The maximum Gasteiger partial charge on any atom is 0.0701 e. The van der Waals surface area contributed by atoms with Crippen molar-refractivity contribution in [2.75, 3.05) is 72.4 Å². The minimum absolute atomic E-state index is 0.652. The average molecular weight is 316 g/mol. The van der Waals surface area contributed by atoms with Gasteiger partial charge in [0.05, 0.1) is 39.6 Å². The van der Waals surface area contributed by atoms with Gasteiger partial charge in [0.1, 0.15) is 0 Å². The van der Waals surface area contributed by atoms with Gasteiger partial charge in [-0.05, 0) is 38.4 Å². The summed E-state index contributed by atoms with van der Waals surface area (Å²) in [4.78, 5) is 2.49. The highest BCUT2D eigenvalue weighted by Gasteiger charge is 2.08. The smallest absolute Gasteiger partial charge is 0.0701 e. The van der Waals surface area contributed by atoms with Gasteiger partial charge in [0.15, 0.2) is 0 Å². The largest absolute Gasteiger partial charge is 0.378 e. The monoisotopic (exact) mass is 316 g/mol. The van der Waals surface area contributed by atoms with Crippen LogP contribution < -0.4 is 5.32 Å². The maximum atomic E-state index is 5.60.